The molecule has 19 heavy (non-hydrogen) atoms. The van der Waals surface area contributed by atoms with Crippen LogP contribution >= 0.6 is 0 Å². The topological polar surface area (TPSA) is 52.6 Å². The quantitative estimate of drug-likeness (QED) is 0.722. The fraction of sp³-hybridized carbons (Fsp3) is 0.429. The van der Waals surface area contributed by atoms with E-state index in [0.717, 1.165) is 5.56 Å². The van der Waals surface area contributed by atoms with Gasteiger partial charge in [-0.25, -0.2) is 8.42 Å². The van der Waals surface area contributed by atoms with Gasteiger partial charge in [-0.05, 0) is 24.6 Å². The molecule has 0 unspecified atom stereocenters. The number of hydrogen-bond acceptors (Lipinski definition) is 4. The van der Waals surface area contributed by atoms with Crippen LogP contribution in [0.5, 0.6) is 11.5 Å². The molecule has 0 N–H and O–H groups in total. The summed E-state index contributed by atoms with van der Waals surface area (Å²) >= 11 is 0. The normalized spacial score (nSPS) is 12.8. The third kappa shape index (κ3) is 4.59. The maximum atomic E-state index is 11.4. The maximum absolute atomic E-state index is 11.4. The van der Waals surface area contributed by atoms with Crippen LogP contribution in [0, 0.1) is 0 Å². The first-order chi connectivity index (χ1) is 8.91. The molecule has 4 nitrogen and oxygen atoms in total. The lowest BCUT2D eigenvalue weighted by Crippen LogP contribution is -2.11. The minimum absolute atomic E-state index is 0.0361. The SMILES string of the molecule is C=C[C@H](CS(C)(=O)=O)c1ccc(OC)c(OCC)c1. The van der Waals surface area contributed by atoms with Gasteiger partial charge in [-0.3, -0.25) is 0 Å². The fourth-order valence-electron chi connectivity index (χ4n) is 1.82. The van der Waals surface area contributed by atoms with E-state index in [1.54, 1.807) is 25.3 Å². The Labute approximate surface area is 115 Å². The summed E-state index contributed by atoms with van der Waals surface area (Å²) in [7, 11) is -1.50. The van der Waals surface area contributed by atoms with Crippen molar-refractivity contribution in [3.8, 4) is 11.5 Å². The minimum Gasteiger partial charge on any atom is -0.493 e. The number of rotatable bonds is 7. The van der Waals surface area contributed by atoms with Gasteiger partial charge in [-0.15, -0.1) is 6.58 Å². The van der Waals surface area contributed by atoms with Gasteiger partial charge in [0.1, 0.15) is 9.84 Å². The summed E-state index contributed by atoms with van der Waals surface area (Å²) in [6.45, 7) is 6.10. The van der Waals surface area contributed by atoms with E-state index in [0.29, 0.717) is 18.1 Å². The third-order valence-corrected chi connectivity index (χ3v) is 3.65. The molecule has 0 radical (unpaired) electrons. The molecule has 0 amide bonds. The molecule has 106 valence electrons. The van der Waals surface area contributed by atoms with E-state index in [9.17, 15) is 8.42 Å². The van der Waals surface area contributed by atoms with Gasteiger partial charge < -0.3 is 9.47 Å². The van der Waals surface area contributed by atoms with Crippen LogP contribution in [0.4, 0.5) is 0 Å². The second kappa shape index (κ2) is 6.61. The van der Waals surface area contributed by atoms with E-state index in [4.69, 9.17) is 9.47 Å². The van der Waals surface area contributed by atoms with Crippen molar-refractivity contribution in [2.24, 2.45) is 0 Å². The van der Waals surface area contributed by atoms with Gasteiger partial charge in [0.05, 0.1) is 19.5 Å². The Morgan fingerprint density at radius 2 is 2.05 bits per heavy atom. The van der Waals surface area contributed by atoms with Crippen LogP contribution in [0.25, 0.3) is 0 Å². The zero-order chi connectivity index (χ0) is 14.5. The fourth-order valence-corrected chi connectivity index (χ4v) is 2.80. The predicted octanol–water partition coefficient (Wildman–Crippen LogP) is 2.41. The number of ether oxygens (including phenoxy) is 2. The Morgan fingerprint density at radius 1 is 1.37 bits per heavy atom. The molecule has 1 atom stereocenters. The average molecular weight is 284 g/mol. The molecule has 0 aliphatic rings. The van der Waals surface area contributed by atoms with E-state index in [1.807, 2.05) is 13.0 Å². The molecule has 0 saturated heterocycles. The molecule has 0 spiro atoms. The molecule has 0 bridgehead atoms. The molecule has 0 heterocycles. The highest BCUT2D eigenvalue weighted by atomic mass is 32.2. The monoisotopic (exact) mass is 284 g/mol. The van der Waals surface area contributed by atoms with Crippen molar-refractivity contribution in [1.29, 1.82) is 0 Å². The molecular formula is C14H20O4S. The first-order valence-corrected chi connectivity index (χ1v) is 8.08. The minimum atomic E-state index is -3.07. The Morgan fingerprint density at radius 3 is 2.53 bits per heavy atom. The second-order valence-electron chi connectivity index (χ2n) is 4.28. The third-order valence-electron chi connectivity index (χ3n) is 2.68. The molecule has 0 aliphatic carbocycles. The van der Waals surface area contributed by atoms with E-state index >= 15 is 0 Å². The molecular weight excluding hydrogens is 264 g/mol. The Hall–Kier alpha value is -1.49. The number of allylic oxidation sites excluding steroid dienone is 1. The first-order valence-electron chi connectivity index (χ1n) is 6.02. The van der Waals surface area contributed by atoms with Crippen molar-refractivity contribution in [2.45, 2.75) is 12.8 Å². The van der Waals surface area contributed by atoms with Gasteiger partial charge in [-0.1, -0.05) is 12.1 Å². The molecule has 0 fully saturated rings. The number of sulfone groups is 1. The lowest BCUT2D eigenvalue weighted by Gasteiger charge is -2.15. The molecule has 0 aromatic heterocycles. The molecule has 5 heteroatoms. The van der Waals surface area contributed by atoms with Crippen LogP contribution in [-0.2, 0) is 9.84 Å². The van der Waals surface area contributed by atoms with Gasteiger partial charge in [0, 0.05) is 12.2 Å². The van der Waals surface area contributed by atoms with Crippen molar-refractivity contribution < 1.29 is 17.9 Å². The van der Waals surface area contributed by atoms with E-state index < -0.39 is 9.84 Å². The molecule has 0 aliphatic heterocycles. The summed E-state index contributed by atoms with van der Waals surface area (Å²) in [6.07, 6.45) is 2.86. The summed E-state index contributed by atoms with van der Waals surface area (Å²) in [4.78, 5) is 0. The number of benzene rings is 1. The molecule has 1 rings (SSSR count). The molecule has 1 aromatic rings. The lowest BCUT2D eigenvalue weighted by molar-refractivity contribution is 0.310. The van der Waals surface area contributed by atoms with Crippen molar-refractivity contribution in [2.75, 3.05) is 25.7 Å². The molecule has 1 aromatic carbocycles. The van der Waals surface area contributed by atoms with Crippen molar-refractivity contribution in [3.05, 3.63) is 36.4 Å². The van der Waals surface area contributed by atoms with Crippen molar-refractivity contribution in [1.82, 2.24) is 0 Å². The maximum Gasteiger partial charge on any atom is 0.161 e. The van der Waals surface area contributed by atoms with Crippen molar-refractivity contribution >= 4 is 9.84 Å². The van der Waals surface area contributed by atoms with Gasteiger partial charge in [0.15, 0.2) is 11.5 Å². The Bertz CT molecular complexity index is 534. The second-order valence-corrected chi connectivity index (χ2v) is 6.46. The highest BCUT2D eigenvalue weighted by Crippen LogP contribution is 2.31. The van der Waals surface area contributed by atoms with Crippen LogP contribution in [-0.4, -0.2) is 34.1 Å². The predicted molar refractivity (Wildman–Crippen MR) is 76.8 cm³/mol. The van der Waals surface area contributed by atoms with Gasteiger partial charge in [-0.2, -0.15) is 0 Å². The van der Waals surface area contributed by atoms with Crippen LogP contribution in [0.2, 0.25) is 0 Å². The van der Waals surface area contributed by atoms with Crippen LogP contribution in [0.1, 0.15) is 18.4 Å². The summed E-state index contributed by atoms with van der Waals surface area (Å²) in [5.41, 5.74) is 0.852. The summed E-state index contributed by atoms with van der Waals surface area (Å²) < 4.78 is 33.5. The number of hydrogen-bond donors (Lipinski definition) is 0. The Balaban J connectivity index is 3.11. The van der Waals surface area contributed by atoms with E-state index in [-0.39, 0.29) is 11.7 Å². The van der Waals surface area contributed by atoms with Gasteiger partial charge in [0.2, 0.25) is 0 Å². The smallest absolute Gasteiger partial charge is 0.161 e. The van der Waals surface area contributed by atoms with Gasteiger partial charge in [0.25, 0.3) is 0 Å². The first kappa shape index (κ1) is 15.6. The average Bonchev–Trinajstić information content (AvgIpc) is 2.35. The van der Waals surface area contributed by atoms with Crippen LogP contribution in [0.3, 0.4) is 0 Å². The van der Waals surface area contributed by atoms with Crippen LogP contribution in [0.15, 0.2) is 30.9 Å². The summed E-state index contributed by atoms with van der Waals surface area (Å²) in [5.74, 6) is 1.03. The highest BCUT2D eigenvalue weighted by Gasteiger charge is 2.16. The molecule has 0 saturated carbocycles. The standard InChI is InChI=1S/C14H20O4S/c1-5-11(10-19(4,15)16)12-7-8-13(17-3)14(9-12)18-6-2/h5,7-9,11H,1,6,10H2,2-4H3/t11-/m1/s1. The van der Waals surface area contributed by atoms with Gasteiger partial charge >= 0.3 is 0 Å². The zero-order valence-corrected chi connectivity index (χ0v) is 12.4. The summed E-state index contributed by atoms with van der Waals surface area (Å²) in [6, 6.07) is 5.41. The largest absolute Gasteiger partial charge is 0.493 e. The van der Waals surface area contributed by atoms with Crippen molar-refractivity contribution in [3.63, 3.8) is 0 Å². The lowest BCUT2D eigenvalue weighted by atomic mass is 10.0. The van der Waals surface area contributed by atoms with E-state index in [2.05, 4.69) is 6.58 Å². The zero-order valence-electron chi connectivity index (χ0n) is 11.5. The summed E-state index contributed by atoms with van der Waals surface area (Å²) in [5, 5.41) is 0. The van der Waals surface area contributed by atoms with Crippen LogP contribution < -0.4 is 9.47 Å². The highest BCUT2D eigenvalue weighted by molar-refractivity contribution is 7.90. The Kier molecular flexibility index (Phi) is 5.42. The van der Waals surface area contributed by atoms with E-state index in [1.165, 1.54) is 6.26 Å². The number of methoxy groups -OCH3 is 1.